The second-order valence-electron chi connectivity index (χ2n) is 6.44. The molecule has 9 heteroatoms. The third-order valence-electron chi connectivity index (χ3n) is 4.86. The van der Waals surface area contributed by atoms with E-state index in [0.29, 0.717) is 37.9 Å². The molecule has 0 amide bonds. The Morgan fingerprint density at radius 3 is 2.40 bits per heavy atom. The van der Waals surface area contributed by atoms with Gasteiger partial charge in [-0.2, -0.15) is 4.31 Å². The van der Waals surface area contributed by atoms with Crippen molar-refractivity contribution in [2.45, 2.75) is 43.0 Å². The van der Waals surface area contributed by atoms with Crippen molar-refractivity contribution >= 4 is 10.0 Å². The first-order valence-corrected chi connectivity index (χ1v) is 9.80. The maximum atomic E-state index is 12.8. The number of rotatable bonds is 4. The molecule has 140 valence electrons. The van der Waals surface area contributed by atoms with Gasteiger partial charge in [-0.3, -0.25) is 0 Å². The molecule has 1 unspecified atom stereocenters. The highest BCUT2D eigenvalue weighted by molar-refractivity contribution is 7.89. The number of sulfonamides is 1. The summed E-state index contributed by atoms with van der Waals surface area (Å²) in [5.41, 5.74) is 0. The highest BCUT2D eigenvalue weighted by Gasteiger charge is 2.37. The molecule has 5 nitrogen and oxygen atoms in total. The Kier molecular flexibility index (Phi) is 5.26. The molecule has 2 heterocycles. The van der Waals surface area contributed by atoms with Crippen LogP contribution in [0.4, 0.5) is 13.2 Å². The van der Waals surface area contributed by atoms with E-state index in [4.69, 9.17) is 0 Å². The van der Waals surface area contributed by atoms with Crippen LogP contribution in [0.1, 0.15) is 25.7 Å². The number of hydrogen-bond acceptors (Lipinski definition) is 4. The number of halogens is 3. The van der Waals surface area contributed by atoms with E-state index >= 15 is 0 Å². The number of piperidine rings is 1. The van der Waals surface area contributed by atoms with Gasteiger partial charge in [-0.25, -0.2) is 8.42 Å². The molecule has 3 rings (SSSR count). The Bertz CT molecular complexity index is 695. The largest absolute Gasteiger partial charge is 0.573 e. The molecule has 0 aromatic heterocycles. The second-order valence-corrected chi connectivity index (χ2v) is 8.35. The molecule has 2 aliphatic heterocycles. The van der Waals surface area contributed by atoms with Crippen molar-refractivity contribution in [1.29, 1.82) is 0 Å². The molecule has 1 aromatic carbocycles. The highest BCUT2D eigenvalue weighted by Crippen LogP contribution is 2.34. The second kappa shape index (κ2) is 7.13. The molecule has 25 heavy (non-hydrogen) atoms. The number of nitrogens with one attached hydrogen (secondary N) is 1. The van der Waals surface area contributed by atoms with Crippen LogP contribution in [0, 0.1) is 5.92 Å². The van der Waals surface area contributed by atoms with Gasteiger partial charge < -0.3 is 10.1 Å². The summed E-state index contributed by atoms with van der Waals surface area (Å²) in [5, 5.41) is 3.43. The van der Waals surface area contributed by atoms with Gasteiger partial charge in [-0.05, 0) is 50.3 Å². The normalized spacial score (nSPS) is 23.7. The summed E-state index contributed by atoms with van der Waals surface area (Å²) in [6.07, 6.45) is -1.30. The van der Waals surface area contributed by atoms with Gasteiger partial charge in [0.15, 0.2) is 0 Å². The summed E-state index contributed by atoms with van der Waals surface area (Å²) in [7, 11) is -4.02. The van der Waals surface area contributed by atoms with Crippen molar-refractivity contribution in [2.24, 2.45) is 5.92 Å². The fourth-order valence-corrected chi connectivity index (χ4v) is 5.23. The first kappa shape index (κ1) is 18.5. The summed E-state index contributed by atoms with van der Waals surface area (Å²) in [4.78, 5) is -0.440. The fourth-order valence-electron chi connectivity index (χ4n) is 3.64. The number of ether oxygens (including phenoxy) is 1. The SMILES string of the molecule is O=S(=O)(c1ccccc1OC(F)(F)F)N1CCC(C2CCCN2)CC1. The zero-order valence-electron chi connectivity index (χ0n) is 13.6. The molecule has 0 spiro atoms. The van der Waals surface area contributed by atoms with Gasteiger partial charge in [-0.15, -0.1) is 13.2 Å². The summed E-state index contributed by atoms with van der Waals surface area (Å²) < 4.78 is 68.3. The van der Waals surface area contributed by atoms with Crippen molar-refractivity contribution in [3.63, 3.8) is 0 Å². The topological polar surface area (TPSA) is 58.6 Å². The maximum Gasteiger partial charge on any atom is 0.573 e. The highest BCUT2D eigenvalue weighted by atomic mass is 32.2. The lowest BCUT2D eigenvalue weighted by atomic mass is 9.89. The minimum Gasteiger partial charge on any atom is -0.404 e. The van der Waals surface area contributed by atoms with Crippen molar-refractivity contribution in [2.75, 3.05) is 19.6 Å². The van der Waals surface area contributed by atoms with Crippen molar-refractivity contribution in [3.8, 4) is 5.75 Å². The van der Waals surface area contributed by atoms with E-state index in [-0.39, 0.29) is 0 Å². The summed E-state index contributed by atoms with van der Waals surface area (Å²) >= 11 is 0. The van der Waals surface area contributed by atoms with E-state index in [1.54, 1.807) is 0 Å². The summed E-state index contributed by atoms with van der Waals surface area (Å²) in [5.74, 6) is -0.273. The number of para-hydroxylation sites is 1. The minimum atomic E-state index is -4.94. The first-order valence-electron chi connectivity index (χ1n) is 8.36. The van der Waals surface area contributed by atoms with E-state index in [9.17, 15) is 21.6 Å². The number of hydrogen-bond donors (Lipinski definition) is 1. The van der Waals surface area contributed by atoms with Crippen molar-refractivity contribution in [3.05, 3.63) is 24.3 Å². The molecule has 0 radical (unpaired) electrons. The minimum absolute atomic E-state index is 0.311. The van der Waals surface area contributed by atoms with Gasteiger partial charge in [-0.1, -0.05) is 12.1 Å². The molecule has 0 saturated carbocycles. The van der Waals surface area contributed by atoms with Crippen LogP contribution in [-0.4, -0.2) is 44.8 Å². The third-order valence-corrected chi connectivity index (χ3v) is 6.80. The van der Waals surface area contributed by atoms with E-state index in [1.165, 1.54) is 16.4 Å². The lowest BCUT2D eigenvalue weighted by Gasteiger charge is -2.34. The third kappa shape index (κ3) is 4.27. The Morgan fingerprint density at radius 2 is 1.80 bits per heavy atom. The lowest BCUT2D eigenvalue weighted by molar-refractivity contribution is -0.275. The average molecular weight is 378 g/mol. The molecule has 1 atom stereocenters. The average Bonchev–Trinajstić information content (AvgIpc) is 3.08. The molecule has 1 aromatic rings. The Labute approximate surface area is 145 Å². The monoisotopic (exact) mass is 378 g/mol. The fraction of sp³-hybridized carbons (Fsp3) is 0.625. The first-order chi connectivity index (χ1) is 11.8. The Hall–Kier alpha value is -1.32. The molecular formula is C16H21F3N2O3S. The summed E-state index contributed by atoms with van der Waals surface area (Å²) in [6, 6.07) is 5.31. The molecular weight excluding hydrogens is 357 g/mol. The van der Waals surface area contributed by atoms with Crippen LogP contribution in [0.3, 0.4) is 0 Å². The Morgan fingerprint density at radius 1 is 1.12 bits per heavy atom. The van der Waals surface area contributed by atoms with Gasteiger partial charge in [0, 0.05) is 19.1 Å². The molecule has 2 aliphatic rings. The number of benzene rings is 1. The summed E-state index contributed by atoms with van der Waals surface area (Å²) in [6.45, 7) is 1.61. The van der Waals surface area contributed by atoms with Gasteiger partial charge in [0.2, 0.25) is 10.0 Å². The lowest BCUT2D eigenvalue weighted by Crippen LogP contribution is -2.43. The van der Waals surface area contributed by atoms with Crippen molar-refractivity contribution in [1.82, 2.24) is 9.62 Å². The molecule has 0 aliphatic carbocycles. The Balaban J connectivity index is 1.74. The predicted molar refractivity (Wildman–Crippen MR) is 85.6 cm³/mol. The number of nitrogens with zero attached hydrogens (tertiary/aromatic N) is 1. The van der Waals surface area contributed by atoms with E-state index in [2.05, 4.69) is 10.1 Å². The van der Waals surface area contributed by atoms with Crippen LogP contribution in [0.25, 0.3) is 0 Å². The van der Waals surface area contributed by atoms with E-state index in [1.807, 2.05) is 0 Å². The van der Waals surface area contributed by atoms with Gasteiger partial charge in [0.05, 0.1) is 0 Å². The standard InChI is InChI=1S/C16H21F3N2O3S/c17-16(18,19)24-14-5-1-2-6-15(14)25(22,23)21-10-7-12(8-11-21)13-4-3-9-20-13/h1-2,5-6,12-13,20H,3-4,7-11H2. The smallest absolute Gasteiger partial charge is 0.404 e. The molecule has 0 bridgehead atoms. The quantitative estimate of drug-likeness (QED) is 0.875. The van der Waals surface area contributed by atoms with Crippen LogP contribution in [0.2, 0.25) is 0 Å². The van der Waals surface area contributed by atoms with Gasteiger partial charge in [0.1, 0.15) is 10.6 Å². The van der Waals surface area contributed by atoms with Crippen LogP contribution in [0.15, 0.2) is 29.2 Å². The maximum absolute atomic E-state index is 12.8. The molecule has 1 N–H and O–H groups in total. The van der Waals surface area contributed by atoms with E-state index in [0.717, 1.165) is 31.5 Å². The zero-order valence-corrected chi connectivity index (χ0v) is 14.4. The van der Waals surface area contributed by atoms with Crippen LogP contribution in [-0.2, 0) is 10.0 Å². The predicted octanol–water partition coefficient (Wildman–Crippen LogP) is 2.74. The number of alkyl halides is 3. The van der Waals surface area contributed by atoms with E-state index < -0.39 is 27.0 Å². The van der Waals surface area contributed by atoms with Crippen LogP contribution in [0.5, 0.6) is 5.75 Å². The zero-order chi connectivity index (χ0) is 18.1. The molecule has 2 saturated heterocycles. The van der Waals surface area contributed by atoms with Gasteiger partial charge in [0.25, 0.3) is 0 Å². The van der Waals surface area contributed by atoms with Gasteiger partial charge >= 0.3 is 6.36 Å². The van der Waals surface area contributed by atoms with Crippen molar-refractivity contribution < 1.29 is 26.3 Å². The van der Waals surface area contributed by atoms with Crippen LogP contribution >= 0.6 is 0 Å². The molecule has 2 fully saturated rings. The van der Waals surface area contributed by atoms with Crippen LogP contribution < -0.4 is 10.1 Å².